The summed E-state index contributed by atoms with van der Waals surface area (Å²) in [7, 11) is 0. The van der Waals surface area contributed by atoms with Crippen LogP contribution in [0.2, 0.25) is 0 Å². The smallest absolute Gasteiger partial charge is 0.120 e. The van der Waals surface area contributed by atoms with E-state index in [2.05, 4.69) is 27.5 Å². The van der Waals surface area contributed by atoms with E-state index >= 15 is 0 Å². The molecule has 1 aromatic carbocycles. The van der Waals surface area contributed by atoms with Crippen LogP contribution in [0.25, 0.3) is 10.9 Å². The first kappa shape index (κ1) is 11.9. The lowest BCUT2D eigenvalue weighted by Crippen LogP contribution is -2.28. The maximum absolute atomic E-state index is 8.99. The maximum atomic E-state index is 8.99. The normalized spacial score (nSPS) is 19.8. The van der Waals surface area contributed by atoms with Gasteiger partial charge in [-0.1, -0.05) is 12.1 Å². The van der Waals surface area contributed by atoms with Gasteiger partial charge in [-0.15, -0.1) is 0 Å². The predicted octanol–water partition coefficient (Wildman–Crippen LogP) is 3.04. The minimum atomic E-state index is 0.299. The van der Waals surface area contributed by atoms with Crippen LogP contribution in [0.1, 0.15) is 25.7 Å². The van der Waals surface area contributed by atoms with Crippen LogP contribution in [0.5, 0.6) is 0 Å². The van der Waals surface area contributed by atoms with Crippen molar-refractivity contribution in [1.82, 2.24) is 4.37 Å². The van der Waals surface area contributed by atoms with Gasteiger partial charge >= 0.3 is 0 Å². The molecule has 1 atom stereocenters. The monoisotopic (exact) mass is 262 g/mol. The third kappa shape index (κ3) is 2.10. The maximum Gasteiger partial charge on any atom is 0.120 e. The highest BCUT2D eigenvalue weighted by atomic mass is 32.1. The van der Waals surface area contributed by atoms with E-state index < -0.39 is 0 Å². The lowest BCUT2D eigenvalue weighted by molar-refractivity contribution is 0.279. The summed E-state index contributed by atoms with van der Waals surface area (Å²) in [6, 6.07) is 8.95. The predicted molar refractivity (Wildman–Crippen MR) is 76.3 cm³/mol. The van der Waals surface area contributed by atoms with E-state index in [-0.39, 0.29) is 0 Å². The average molecular weight is 262 g/mol. The van der Waals surface area contributed by atoms with Crippen molar-refractivity contribution in [2.45, 2.75) is 31.7 Å². The molecular formula is C14H18N2OS. The Morgan fingerprint density at radius 1 is 1.39 bits per heavy atom. The van der Waals surface area contributed by atoms with Gasteiger partial charge in [0.05, 0.1) is 5.52 Å². The Kier molecular flexibility index (Phi) is 3.48. The van der Waals surface area contributed by atoms with E-state index in [1.807, 2.05) is 6.07 Å². The largest absolute Gasteiger partial charge is 0.396 e. The lowest BCUT2D eigenvalue weighted by atomic mass is 10.1. The van der Waals surface area contributed by atoms with Crippen molar-refractivity contribution >= 4 is 27.4 Å². The summed E-state index contributed by atoms with van der Waals surface area (Å²) in [6.07, 6.45) is 4.48. The van der Waals surface area contributed by atoms with Crippen LogP contribution in [-0.2, 0) is 0 Å². The molecule has 1 fully saturated rings. The number of anilines is 1. The van der Waals surface area contributed by atoms with Crippen LogP contribution in [0, 0.1) is 0 Å². The summed E-state index contributed by atoms with van der Waals surface area (Å²) in [5.41, 5.74) is 1.10. The molecule has 18 heavy (non-hydrogen) atoms. The first-order valence-corrected chi connectivity index (χ1v) is 7.39. The Hall–Kier alpha value is -1.13. The van der Waals surface area contributed by atoms with Gasteiger partial charge in [0.2, 0.25) is 0 Å². The van der Waals surface area contributed by atoms with Gasteiger partial charge in [-0.3, -0.25) is 0 Å². The fraction of sp³-hybridized carbons (Fsp3) is 0.500. The molecule has 3 rings (SSSR count). The third-order valence-corrected chi connectivity index (χ3v) is 4.61. The molecule has 1 N–H and O–H groups in total. The topological polar surface area (TPSA) is 36.4 Å². The molecule has 96 valence electrons. The zero-order valence-corrected chi connectivity index (χ0v) is 11.2. The highest BCUT2D eigenvalue weighted by Gasteiger charge is 2.26. The summed E-state index contributed by atoms with van der Waals surface area (Å²) in [5, 5.41) is 11.6. The van der Waals surface area contributed by atoms with Crippen LogP contribution in [0.3, 0.4) is 0 Å². The Labute approximate surface area is 111 Å². The van der Waals surface area contributed by atoms with Crippen LogP contribution < -0.4 is 4.90 Å². The van der Waals surface area contributed by atoms with Crippen LogP contribution in [0.15, 0.2) is 24.3 Å². The molecule has 2 heterocycles. The molecular weight excluding hydrogens is 244 g/mol. The van der Waals surface area contributed by atoms with Crippen LogP contribution in [0.4, 0.5) is 5.00 Å². The van der Waals surface area contributed by atoms with Gasteiger partial charge < -0.3 is 10.0 Å². The molecule has 4 heteroatoms. The third-order valence-electron chi connectivity index (χ3n) is 3.70. The Bertz CT molecular complexity index is 525. The Morgan fingerprint density at radius 3 is 3.17 bits per heavy atom. The quantitative estimate of drug-likeness (QED) is 0.920. The molecule has 3 nitrogen and oxygen atoms in total. The average Bonchev–Trinajstić information content (AvgIpc) is 3.02. The molecule has 0 saturated carbocycles. The minimum Gasteiger partial charge on any atom is -0.396 e. The number of fused-ring (bicyclic) bond motifs is 1. The first-order chi connectivity index (χ1) is 8.90. The lowest BCUT2D eigenvalue weighted by Gasteiger charge is -2.25. The van der Waals surface area contributed by atoms with Crippen LogP contribution in [-0.4, -0.2) is 28.7 Å². The number of aliphatic hydroxyl groups excluding tert-OH is 1. The van der Waals surface area contributed by atoms with E-state index in [0.717, 1.165) is 24.9 Å². The van der Waals surface area contributed by atoms with Gasteiger partial charge in [0.25, 0.3) is 0 Å². The molecule has 0 spiro atoms. The molecule has 1 aliphatic heterocycles. The van der Waals surface area contributed by atoms with Gasteiger partial charge in [0.1, 0.15) is 5.00 Å². The van der Waals surface area contributed by atoms with Crippen molar-refractivity contribution < 1.29 is 5.11 Å². The molecule has 0 bridgehead atoms. The summed E-state index contributed by atoms with van der Waals surface area (Å²) < 4.78 is 4.53. The fourth-order valence-corrected chi connectivity index (χ4v) is 3.77. The molecule has 0 amide bonds. The van der Waals surface area contributed by atoms with Crippen molar-refractivity contribution in [3.63, 3.8) is 0 Å². The summed E-state index contributed by atoms with van der Waals surface area (Å²) in [6.45, 7) is 1.43. The van der Waals surface area contributed by atoms with E-state index in [1.165, 1.54) is 23.2 Å². The van der Waals surface area contributed by atoms with E-state index in [4.69, 9.17) is 5.11 Å². The zero-order valence-electron chi connectivity index (χ0n) is 10.4. The standard InChI is InChI=1S/C14H18N2OS/c17-10-4-6-11-5-3-9-16(11)14-12-7-1-2-8-13(12)15-18-14/h1-2,7-8,11,17H,3-6,9-10H2. The molecule has 1 unspecified atom stereocenters. The van der Waals surface area contributed by atoms with E-state index in [9.17, 15) is 0 Å². The van der Waals surface area contributed by atoms with Crippen molar-refractivity contribution in [2.75, 3.05) is 18.1 Å². The Balaban J connectivity index is 1.88. The highest BCUT2D eigenvalue weighted by molar-refractivity contribution is 7.11. The number of aliphatic hydroxyl groups is 1. The van der Waals surface area contributed by atoms with Gasteiger partial charge in [-0.2, -0.15) is 4.37 Å². The molecule has 0 aliphatic carbocycles. The van der Waals surface area contributed by atoms with Gasteiger partial charge in [0, 0.05) is 24.6 Å². The Morgan fingerprint density at radius 2 is 2.28 bits per heavy atom. The molecule has 1 aromatic heterocycles. The summed E-state index contributed by atoms with van der Waals surface area (Å²) in [5.74, 6) is 0. The fourth-order valence-electron chi connectivity index (χ4n) is 2.81. The second-order valence-corrected chi connectivity index (χ2v) is 5.61. The number of aromatic nitrogens is 1. The number of hydrogen-bond donors (Lipinski definition) is 1. The zero-order chi connectivity index (χ0) is 12.4. The van der Waals surface area contributed by atoms with Gasteiger partial charge in [-0.05, 0) is 49.3 Å². The number of rotatable bonds is 4. The number of nitrogens with zero attached hydrogens (tertiary/aromatic N) is 2. The summed E-state index contributed by atoms with van der Waals surface area (Å²) >= 11 is 1.61. The van der Waals surface area contributed by atoms with Gasteiger partial charge in [-0.25, -0.2) is 0 Å². The molecule has 0 radical (unpaired) electrons. The SMILES string of the molecule is OCCCC1CCCN1c1snc2ccccc12. The molecule has 1 aliphatic rings. The van der Waals surface area contributed by atoms with Crippen molar-refractivity contribution in [2.24, 2.45) is 0 Å². The van der Waals surface area contributed by atoms with Crippen molar-refractivity contribution in [3.05, 3.63) is 24.3 Å². The highest BCUT2D eigenvalue weighted by Crippen LogP contribution is 2.36. The van der Waals surface area contributed by atoms with E-state index in [1.54, 1.807) is 11.5 Å². The first-order valence-electron chi connectivity index (χ1n) is 6.62. The second kappa shape index (κ2) is 5.24. The van der Waals surface area contributed by atoms with Crippen molar-refractivity contribution in [3.8, 4) is 0 Å². The molecule has 1 saturated heterocycles. The second-order valence-electron chi connectivity index (χ2n) is 4.86. The van der Waals surface area contributed by atoms with Crippen molar-refractivity contribution in [1.29, 1.82) is 0 Å². The molecule has 2 aromatic rings. The number of hydrogen-bond acceptors (Lipinski definition) is 4. The number of benzene rings is 1. The summed E-state index contributed by atoms with van der Waals surface area (Å²) in [4.78, 5) is 2.50. The van der Waals surface area contributed by atoms with Crippen LogP contribution >= 0.6 is 11.5 Å². The van der Waals surface area contributed by atoms with E-state index in [0.29, 0.717) is 12.6 Å². The van der Waals surface area contributed by atoms with Gasteiger partial charge in [0.15, 0.2) is 0 Å². The minimum absolute atomic E-state index is 0.299.